The maximum atomic E-state index is 12.8. The molecule has 2 rings (SSSR count). The largest absolute Gasteiger partial charge is 0.489 e. The molecule has 5 nitrogen and oxygen atoms in total. The molecule has 0 unspecified atom stereocenters. The zero-order valence-corrected chi connectivity index (χ0v) is 15.8. The van der Waals surface area contributed by atoms with Crippen LogP contribution in [0.4, 0.5) is 5.69 Å². The molecule has 0 spiro atoms. The van der Waals surface area contributed by atoms with Gasteiger partial charge < -0.3 is 14.8 Å². The number of fused-ring (bicyclic) bond motifs is 1. The summed E-state index contributed by atoms with van der Waals surface area (Å²) >= 11 is 0. The third-order valence-electron chi connectivity index (χ3n) is 4.01. The zero-order chi connectivity index (χ0) is 18.4. The van der Waals surface area contributed by atoms with Crippen molar-refractivity contribution in [1.29, 1.82) is 0 Å². The SMILES string of the molecule is CCC[C@@](C)(OCC)C(=O)Nc1ccc(OC(C)C)c2ncccc12. The van der Waals surface area contributed by atoms with Crippen molar-refractivity contribution in [3.05, 3.63) is 30.5 Å². The first-order valence-corrected chi connectivity index (χ1v) is 8.91. The number of nitrogens with one attached hydrogen (secondary N) is 1. The van der Waals surface area contributed by atoms with Crippen LogP contribution in [0.3, 0.4) is 0 Å². The Morgan fingerprint density at radius 2 is 2.04 bits per heavy atom. The average Bonchev–Trinajstić information content (AvgIpc) is 2.57. The van der Waals surface area contributed by atoms with Crippen molar-refractivity contribution >= 4 is 22.5 Å². The molecule has 0 fully saturated rings. The molecule has 5 heteroatoms. The molecule has 25 heavy (non-hydrogen) atoms. The summed E-state index contributed by atoms with van der Waals surface area (Å²) in [6.45, 7) is 10.2. The van der Waals surface area contributed by atoms with Crippen LogP contribution >= 0.6 is 0 Å². The third kappa shape index (κ3) is 4.48. The Labute approximate surface area is 149 Å². The van der Waals surface area contributed by atoms with Crippen LogP contribution in [-0.2, 0) is 9.53 Å². The van der Waals surface area contributed by atoms with E-state index in [9.17, 15) is 4.79 Å². The van der Waals surface area contributed by atoms with Gasteiger partial charge in [-0.3, -0.25) is 9.78 Å². The summed E-state index contributed by atoms with van der Waals surface area (Å²) < 4.78 is 11.6. The highest BCUT2D eigenvalue weighted by Crippen LogP contribution is 2.31. The fourth-order valence-corrected chi connectivity index (χ4v) is 2.91. The molecule has 0 radical (unpaired) electrons. The Kier molecular flexibility index (Phi) is 6.37. The maximum Gasteiger partial charge on any atom is 0.256 e. The highest BCUT2D eigenvalue weighted by atomic mass is 16.5. The van der Waals surface area contributed by atoms with Crippen LogP contribution in [0.25, 0.3) is 10.9 Å². The van der Waals surface area contributed by atoms with Crippen LogP contribution in [0.5, 0.6) is 5.75 Å². The van der Waals surface area contributed by atoms with Gasteiger partial charge in [0.1, 0.15) is 16.9 Å². The number of amides is 1. The Balaban J connectivity index is 2.37. The molecular formula is C20H28N2O3. The van der Waals surface area contributed by atoms with Gasteiger partial charge in [0.05, 0.1) is 11.8 Å². The van der Waals surface area contributed by atoms with Crippen molar-refractivity contribution in [1.82, 2.24) is 4.98 Å². The Morgan fingerprint density at radius 3 is 2.68 bits per heavy atom. The quantitative estimate of drug-likeness (QED) is 0.763. The highest BCUT2D eigenvalue weighted by Gasteiger charge is 2.33. The number of carbonyl (C=O) groups is 1. The van der Waals surface area contributed by atoms with E-state index in [2.05, 4.69) is 10.3 Å². The average molecular weight is 344 g/mol. The third-order valence-corrected chi connectivity index (χ3v) is 4.01. The lowest BCUT2D eigenvalue weighted by molar-refractivity contribution is -0.139. The van der Waals surface area contributed by atoms with Gasteiger partial charge in [-0.25, -0.2) is 0 Å². The molecule has 0 bridgehead atoms. The van der Waals surface area contributed by atoms with E-state index in [1.165, 1.54) is 0 Å². The van der Waals surface area contributed by atoms with Gasteiger partial charge in [-0.15, -0.1) is 0 Å². The van der Waals surface area contributed by atoms with Gasteiger partial charge in [-0.2, -0.15) is 0 Å². The smallest absolute Gasteiger partial charge is 0.256 e. The second-order valence-electron chi connectivity index (χ2n) is 6.55. The summed E-state index contributed by atoms with van der Waals surface area (Å²) in [6, 6.07) is 7.49. The van der Waals surface area contributed by atoms with Crippen LogP contribution in [0.15, 0.2) is 30.5 Å². The van der Waals surface area contributed by atoms with E-state index in [0.717, 1.165) is 17.3 Å². The van der Waals surface area contributed by atoms with E-state index in [1.54, 1.807) is 6.20 Å². The molecular weight excluding hydrogens is 316 g/mol. The summed E-state index contributed by atoms with van der Waals surface area (Å²) in [6.07, 6.45) is 3.31. The molecule has 0 saturated carbocycles. The van der Waals surface area contributed by atoms with Crippen molar-refractivity contribution in [3.63, 3.8) is 0 Å². The minimum absolute atomic E-state index is 0.0523. The predicted molar refractivity (Wildman–Crippen MR) is 101 cm³/mol. The summed E-state index contributed by atoms with van der Waals surface area (Å²) in [5.41, 5.74) is 0.611. The first kappa shape index (κ1) is 19.2. The molecule has 1 heterocycles. The molecule has 0 aliphatic carbocycles. The van der Waals surface area contributed by atoms with Crippen molar-refractivity contribution in [2.45, 2.75) is 59.2 Å². The topological polar surface area (TPSA) is 60.5 Å². The van der Waals surface area contributed by atoms with Gasteiger partial charge in [-0.1, -0.05) is 13.3 Å². The lowest BCUT2D eigenvalue weighted by Crippen LogP contribution is -2.42. The van der Waals surface area contributed by atoms with Crippen molar-refractivity contribution in [3.8, 4) is 5.75 Å². The predicted octanol–water partition coefficient (Wildman–Crippen LogP) is 4.56. The molecule has 0 aliphatic rings. The van der Waals surface area contributed by atoms with Gasteiger partial charge in [-0.05, 0) is 58.4 Å². The molecule has 1 N–H and O–H groups in total. The van der Waals surface area contributed by atoms with Crippen LogP contribution in [0.2, 0.25) is 0 Å². The first-order chi connectivity index (χ1) is 11.9. The second kappa shape index (κ2) is 8.30. The van der Waals surface area contributed by atoms with E-state index in [0.29, 0.717) is 24.5 Å². The molecule has 1 atom stereocenters. The monoisotopic (exact) mass is 344 g/mol. The summed E-state index contributed by atoms with van der Waals surface area (Å²) in [7, 11) is 0. The fraction of sp³-hybridized carbons (Fsp3) is 0.500. The van der Waals surface area contributed by atoms with Crippen molar-refractivity contribution in [2.75, 3.05) is 11.9 Å². The van der Waals surface area contributed by atoms with E-state index in [1.807, 2.05) is 58.9 Å². The standard InChI is InChI=1S/C20H28N2O3/c1-6-12-20(5,24-7-2)19(23)22-16-10-11-17(25-14(3)4)18-15(16)9-8-13-21-18/h8-11,13-14H,6-7,12H2,1-5H3,(H,22,23)/t20-/m1/s1. The lowest BCUT2D eigenvalue weighted by Gasteiger charge is -2.28. The summed E-state index contributed by atoms with van der Waals surface area (Å²) in [5.74, 6) is 0.573. The number of rotatable bonds is 8. The molecule has 1 aromatic heterocycles. The van der Waals surface area contributed by atoms with Crippen LogP contribution in [-0.4, -0.2) is 29.2 Å². The molecule has 0 aliphatic heterocycles. The maximum absolute atomic E-state index is 12.8. The van der Waals surface area contributed by atoms with Crippen LogP contribution in [0, 0.1) is 0 Å². The summed E-state index contributed by atoms with van der Waals surface area (Å²) in [4.78, 5) is 17.3. The highest BCUT2D eigenvalue weighted by molar-refractivity contribution is 6.05. The minimum atomic E-state index is -0.842. The molecule has 0 saturated heterocycles. The van der Waals surface area contributed by atoms with Crippen molar-refractivity contribution in [2.24, 2.45) is 0 Å². The number of hydrogen-bond donors (Lipinski definition) is 1. The number of ether oxygens (including phenoxy) is 2. The number of carbonyl (C=O) groups excluding carboxylic acids is 1. The Morgan fingerprint density at radius 1 is 1.28 bits per heavy atom. The number of aromatic nitrogens is 1. The van der Waals surface area contributed by atoms with Crippen molar-refractivity contribution < 1.29 is 14.3 Å². The fourth-order valence-electron chi connectivity index (χ4n) is 2.91. The zero-order valence-electron chi connectivity index (χ0n) is 15.8. The summed E-state index contributed by atoms with van der Waals surface area (Å²) in [5, 5.41) is 3.87. The van der Waals surface area contributed by atoms with Gasteiger partial charge in [0, 0.05) is 18.2 Å². The van der Waals surface area contributed by atoms with Gasteiger partial charge in [0.2, 0.25) is 0 Å². The van der Waals surface area contributed by atoms with Gasteiger partial charge >= 0.3 is 0 Å². The number of hydrogen-bond acceptors (Lipinski definition) is 4. The van der Waals surface area contributed by atoms with E-state index in [4.69, 9.17) is 9.47 Å². The van der Waals surface area contributed by atoms with E-state index >= 15 is 0 Å². The Hall–Kier alpha value is -2.14. The molecule has 1 amide bonds. The van der Waals surface area contributed by atoms with E-state index in [-0.39, 0.29) is 12.0 Å². The molecule has 1 aromatic carbocycles. The van der Waals surface area contributed by atoms with Crippen LogP contribution < -0.4 is 10.1 Å². The second-order valence-corrected chi connectivity index (χ2v) is 6.55. The number of benzene rings is 1. The number of anilines is 1. The molecule has 136 valence electrons. The number of nitrogens with zero attached hydrogens (tertiary/aromatic N) is 1. The normalized spacial score (nSPS) is 13.7. The van der Waals surface area contributed by atoms with Gasteiger partial charge in [0.25, 0.3) is 5.91 Å². The molecule has 2 aromatic rings. The first-order valence-electron chi connectivity index (χ1n) is 8.91. The van der Waals surface area contributed by atoms with E-state index < -0.39 is 5.60 Å². The minimum Gasteiger partial charge on any atom is -0.489 e. The van der Waals surface area contributed by atoms with Crippen LogP contribution in [0.1, 0.15) is 47.5 Å². The Bertz CT molecular complexity index is 722. The number of pyridine rings is 1. The van der Waals surface area contributed by atoms with Gasteiger partial charge in [0.15, 0.2) is 0 Å². The lowest BCUT2D eigenvalue weighted by atomic mass is 9.98.